The van der Waals surface area contributed by atoms with Gasteiger partial charge in [0.25, 0.3) is 0 Å². The van der Waals surface area contributed by atoms with Gasteiger partial charge in [0.1, 0.15) is 35.4 Å². The third-order valence-electron chi connectivity index (χ3n) is 9.65. The fourth-order valence-corrected chi connectivity index (χ4v) is 7.82. The Morgan fingerprint density at radius 1 is 1.10 bits per heavy atom. The van der Waals surface area contributed by atoms with Crippen LogP contribution in [0.4, 0.5) is 8.78 Å². The summed E-state index contributed by atoms with van der Waals surface area (Å²) in [6, 6.07) is 7.58. The third kappa shape index (κ3) is 6.57. The van der Waals surface area contributed by atoms with Crippen LogP contribution in [0.15, 0.2) is 54.6 Å². The van der Waals surface area contributed by atoms with E-state index in [4.69, 9.17) is 24.5 Å². The zero-order valence-electron chi connectivity index (χ0n) is 29.5. The number of carbonyl (C=O) groups excluding carboxylic acids is 2. The summed E-state index contributed by atoms with van der Waals surface area (Å²) in [4.78, 5) is 40.6. The van der Waals surface area contributed by atoms with Gasteiger partial charge >= 0.3 is 0 Å². The van der Waals surface area contributed by atoms with Crippen molar-refractivity contribution in [1.82, 2.24) is 34.4 Å². The average Bonchev–Trinajstić information content (AvgIpc) is 3.80. The van der Waals surface area contributed by atoms with Crippen LogP contribution in [0, 0.1) is 11.6 Å². The molecule has 0 N–H and O–H groups in total. The van der Waals surface area contributed by atoms with Gasteiger partial charge in [0.15, 0.2) is 0 Å². The lowest BCUT2D eigenvalue weighted by Gasteiger charge is -2.33. The smallest absolute Gasteiger partial charge is 0.246 e. The number of ether oxygens (including phenoxy) is 2. The molecule has 1 atom stereocenters. The fraction of sp³-hybridized carbons (Fsp3) is 0.342. The first-order valence-electron chi connectivity index (χ1n) is 17.0. The summed E-state index contributed by atoms with van der Waals surface area (Å²) in [5, 5.41) is 7.57. The molecule has 7 rings (SSSR count). The lowest BCUT2D eigenvalue weighted by molar-refractivity contribution is -0.130. The van der Waals surface area contributed by atoms with Crippen LogP contribution >= 0.6 is 11.3 Å². The number of hydrogen-bond acceptors (Lipinski definition) is 9. The molecule has 2 amide bonds. The standard InChI is InChI=1S/C38H39F2N7O4S/c1-6-32(48)46-10-11-47-30(22(46)2)18-28(43-47)37-34(35-27(40)16-25(39)17-31(35)51-13-12-50-5)26-8-14-52-38(26)36(42-37)24-15-23-7-9-45(20-29(23)41-19-24)21-33(49)44(3)4/h6,8,14-19,22H,1,7,9-13,20-21H2,2-5H3/t22-/m1/s1. The molecule has 6 heterocycles. The van der Waals surface area contributed by atoms with E-state index in [2.05, 4.69) is 17.5 Å². The summed E-state index contributed by atoms with van der Waals surface area (Å²) in [7, 11) is 5.02. The third-order valence-corrected chi connectivity index (χ3v) is 10.6. The number of carbonyl (C=O) groups is 2. The van der Waals surface area contributed by atoms with E-state index in [-0.39, 0.29) is 42.4 Å². The number of methoxy groups -OCH3 is 1. The molecule has 0 saturated carbocycles. The molecule has 11 nitrogen and oxygen atoms in total. The van der Waals surface area contributed by atoms with Crippen LogP contribution in [0.5, 0.6) is 5.75 Å². The SMILES string of the molecule is C=CC(=O)N1CCn2nc(-c3nc(-c4cnc5c(c4)CCN(CC(=O)N(C)C)C5)c4sccc4c3-c3c(F)cc(F)cc3OCCOC)cc2[C@H]1C. The van der Waals surface area contributed by atoms with Crippen LogP contribution in [0.3, 0.4) is 0 Å². The molecule has 5 aromatic rings. The van der Waals surface area contributed by atoms with Crippen molar-refractivity contribution in [3.8, 4) is 39.5 Å². The minimum atomic E-state index is -0.802. The molecule has 52 heavy (non-hydrogen) atoms. The molecule has 0 spiro atoms. The van der Waals surface area contributed by atoms with Crippen molar-refractivity contribution >= 4 is 33.2 Å². The second kappa shape index (κ2) is 14.5. The molecule has 0 unspecified atom stereocenters. The van der Waals surface area contributed by atoms with E-state index in [1.54, 1.807) is 30.1 Å². The number of fused-ring (bicyclic) bond motifs is 3. The Bertz CT molecular complexity index is 2200. The van der Waals surface area contributed by atoms with E-state index in [9.17, 15) is 14.0 Å². The summed E-state index contributed by atoms with van der Waals surface area (Å²) in [6.07, 6.45) is 3.80. The molecular weight excluding hydrogens is 689 g/mol. The Morgan fingerprint density at radius 2 is 1.92 bits per heavy atom. The molecule has 0 fully saturated rings. The highest BCUT2D eigenvalue weighted by Crippen LogP contribution is 2.47. The number of benzene rings is 1. The van der Waals surface area contributed by atoms with E-state index in [0.29, 0.717) is 67.2 Å². The number of likely N-dealkylation sites (N-methyl/N-ethyl adjacent to an activating group) is 1. The minimum Gasteiger partial charge on any atom is -0.490 e. The van der Waals surface area contributed by atoms with Crippen LogP contribution in [-0.4, -0.2) is 100 Å². The summed E-state index contributed by atoms with van der Waals surface area (Å²) >= 11 is 1.46. The van der Waals surface area contributed by atoms with Gasteiger partial charge in [-0.05, 0) is 48.6 Å². The molecule has 0 bridgehead atoms. The maximum absolute atomic E-state index is 16.2. The van der Waals surface area contributed by atoms with Gasteiger partial charge in [-0.25, -0.2) is 13.8 Å². The number of nitrogens with zero attached hydrogens (tertiary/aromatic N) is 7. The van der Waals surface area contributed by atoms with E-state index < -0.39 is 11.6 Å². The summed E-state index contributed by atoms with van der Waals surface area (Å²) in [5.74, 6) is -1.70. The second-order valence-corrected chi connectivity index (χ2v) is 14.0. The quantitative estimate of drug-likeness (QED) is 0.133. The van der Waals surface area contributed by atoms with Crippen molar-refractivity contribution < 1.29 is 27.8 Å². The number of hydrogen-bond donors (Lipinski definition) is 0. The van der Waals surface area contributed by atoms with Crippen molar-refractivity contribution in [2.24, 2.45) is 0 Å². The Labute approximate surface area is 304 Å². The van der Waals surface area contributed by atoms with Crippen molar-refractivity contribution in [3.63, 3.8) is 0 Å². The monoisotopic (exact) mass is 727 g/mol. The molecule has 1 aromatic carbocycles. The molecule has 0 saturated heterocycles. The molecular formula is C38H39F2N7O4S. The largest absolute Gasteiger partial charge is 0.490 e. The number of amides is 2. The van der Waals surface area contributed by atoms with Gasteiger partial charge in [0.2, 0.25) is 11.8 Å². The lowest BCUT2D eigenvalue weighted by Crippen LogP contribution is -2.40. The first-order valence-corrected chi connectivity index (χ1v) is 17.9. The number of thiophene rings is 1. The molecule has 4 aromatic heterocycles. The van der Waals surface area contributed by atoms with Crippen molar-refractivity contribution in [1.29, 1.82) is 0 Å². The van der Waals surface area contributed by atoms with Gasteiger partial charge in [-0.3, -0.25) is 24.2 Å². The molecule has 0 radical (unpaired) electrons. The van der Waals surface area contributed by atoms with Gasteiger partial charge < -0.3 is 19.3 Å². The highest BCUT2D eigenvalue weighted by atomic mass is 32.1. The predicted octanol–water partition coefficient (Wildman–Crippen LogP) is 5.73. The van der Waals surface area contributed by atoms with Crippen molar-refractivity contribution in [2.75, 3.05) is 54.1 Å². The van der Waals surface area contributed by atoms with Crippen LogP contribution in [-0.2, 0) is 33.8 Å². The molecule has 14 heteroatoms. The lowest BCUT2D eigenvalue weighted by atomic mass is 9.94. The van der Waals surface area contributed by atoms with Crippen molar-refractivity contribution in [3.05, 3.63) is 83.1 Å². The zero-order valence-corrected chi connectivity index (χ0v) is 30.3. The highest BCUT2D eigenvalue weighted by molar-refractivity contribution is 7.17. The van der Waals surface area contributed by atoms with Crippen LogP contribution in [0.1, 0.15) is 29.9 Å². The Hall–Kier alpha value is -5.05. The number of halogens is 2. The zero-order chi connectivity index (χ0) is 36.7. The van der Waals surface area contributed by atoms with E-state index >= 15 is 4.39 Å². The maximum atomic E-state index is 16.2. The van der Waals surface area contributed by atoms with Crippen molar-refractivity contribution in [2.45, 2.75) is 32.5 Å². The highest BCUT2D eigenvalue weighted by Gasteiger charge is 2.32. The maximum Gasteiger partial charge on any atom is 0.246 e. The van der Waals surface area contributed by atoms with Crippen LogP contribution in [0.25, 0.3) is 43.9 Å². The summed E-state index contributed by atoms with van der Waals surface area (Å²) in [6.45, 7) is 8.36. The van der Waals surface area contributed by atoms with Crippen LogP contribution in [0.2, 0.25) is 0 Å². The van der Waals surface area contributed by atoms with Gasteiger partial charge in [0.05, 0.1) is 53.1 Å². The van der Waals surface area contributed by atoms with Gasteiger partial charge in [-0.1, -0.05) is 6.58 Å². The van der Waals surface area contributed by atoms with E-state index in [0.717, 1.165) is 33.3 Å². The summed E-state index contributed by atoms with van der Waals surface area (Å²) < 4.78 is 44.6. The second-order valence-electron chi connectivity index (χ2n) is 13.1. The van der Waals surface area contributed by atoms with Gasteiger partial charge in [-0.15, -0.1) is 11.3 Å². The average molecular weight is 728 g/mol. The molecule has 270 valence electrons. The number of pyridine rings is 2. The van der Waals surface area contributed by atoms with Gasteiger partial charge in [-0.2, -0.15) is 5.10 Å². The predicted molar refractivity (Wildman–Crippen MR) is 195 cm³/mol. The molecule has 0 aliphatic carbocycles. The topological polar surface area (TPSA) is 106 Å². The Balaban J connectivity index is 1.40. The number of rotatable bonds is 10. The van der Waals surface area contributed by atoms with Crippen LogP contribution < -0.4 is 4.74 Å². The van der Waals surface area contributed by atoms with E-state index in [1.165, 1.54) is 30.6 Å². The fourth-order valence-electron chi connectivity index (χ4n) is 6.91. The normalized spacial score (nSPS) is 15.7. The molecule has 2 aliphatic rings. The van der Waals surface area contributed by atoms with E-state index in [1.807, 2.05) is 29.1 Å². The first-order chi connectivity index (χ1) is 25.1. The summed E-state index contributed by atoms with van der Waals surface area (Å²) in [5.41, 5.74) is 5.53. The Kier molecular flexibility index (Phi) is 9.88. The number of aromatic nitrogens is 4. The molecule has 2 aliphatic heterocycles. The first kappa shape index (κ1) is 35.4. The van der Waals surface area contributed by atoms with Gasteiger partial charge in [0, 0.05) is 75.7 Å². The minimum absolute atomic E-state index is 0.0192. The Morgan fingerprint density at radius 3 is 2.69 bits per heavy atom.